The lowest BCUT2D eigenvalue weighted by Gasteiger charge is -2.42. The summed E-state index contributed by atoms with van der Waals surface area (Å²) >= 11 is 5.55. The first-order chi connectivity index (χ1) is 17.8. The van der Waals surface area contributed by atoms with Gasteiger partial charge < -0.3 is 15.0 Å². The van der Waals surface area contributed by atoms with Crippen molar-refractivity contribution in [2.24, 2.45) is 0 Å². The molecule has 0 radical (unpaired) electrons. The maximum atomic E-state index is 13.9. The van der Waals surface area contributed by atoms with Gasteiger partial charge in [-0.1, -0.05) is 42.5 Å². The number of nitro groups is 1. The van der Waals surface area contributed by atoms with E-state index in [1.165, 1.54) is 16.5 Å². The van der Waals surface area contributed by atoms with E-state index in [1.807, 2.05) is 18.2 Å². The third-order valence-electron chi connectivity index (χ3n) is 6.47. The molecule has 2 heterocycles. The lowest BCUT2D eigenvalue weighted by atomic mass is 9.92. The molecule has 4 rings (SSSR count). The fourth-order valence-corrected chi connectivity index (χ4v) is 5.02. The molecule has 2 amide bonds. The summed E-state index contributed by atoms with van der Waals surface area (Å²) in [6.07, 6.45) is 0. The number of amides is 2. The van der Waals surface area contributed by atoms with Crippen molar-refractivity contribution >= 4 is 35.0 Å². The van der Waals surface area contributed by atoms with Crippen LogP contribution in [-0.4, -0.2) is 69.5 Å². The second-order valence-corrected chi connectivity index (χ2v) is 9.20. The largest absolute Gasteiger partial charge is 0.463 e. The second kappa shape index (κ2) is 11.5. The quantitative estimate of drug-likeness (QED) is 0.265. The number of carbonyl (C=O) groups excluding carboxylic acids is 2. The molecule has 2 aromatic carbocycles. The molecule has 2 aliphatic rings. The van der Waals surface area contributed by atoms with Gasteiger partial charge in [0.05, 0.1) is 22.7 Å². The van der Waals surface area contributed by atoms with Crippen LogP contribution in [0.4, 0.5) is 10.5 Å². The summed E-state index contributed by atoms with van der Waals surface area (Å²) in [6.45, 7) is 6.42. The van der Waals surface area contributed by atoms with Gasteiger partial charge >= 0.3 is 12.0 Å². The van der Waals surface area contributed by atoms with Crippen LogP contribution in [0.1, 0.15) is 31.0 Å². The molecule has 0 aliphatic carbocycles. The van der Waals surface area contributed by atoms with E-state index in [9.17, 15) is 19.7 Å². The topological polar surface area (TPSA) is 108 Å². The van der Waals surface area contributed by atoms with Gasteiger partial charge in [-0.2, -0.15) is 0 Å². The molecule has 1 N–H and O–H groups in total. The first-order valence-electron chi connectivity index (χ1n) is 12.1. The van der Waals surface area contributed by atoms with E-state index in [2.05, 4.69) is 22.3 Å². The minimum atomic E-state index is -1.11. The Hall–Kier alpha value is -3.83. The van der Waals surface area contributed by atoms with Crippen LogP contribution < -0.4 is 5.32 Å². The van der Waals surface area contributed by atoms with Crippen molar-refractivity contribution in [2.75, 3.05) is 32.8 Å². The zero-order valence-corrected chi connectivity index (χ0v) is 21.6. The van der Waals surface area contributed by atoms with Gasteiger partial charge in [-0.05, 0) is 37.7 Å². The van der Waals surface area contributed by atoms with E-state index in [0.29, 0.717) is 31.9 Å². The van der Waals surface area contributed by atoms with Gasteiger partial charge in [0, 0.05) is 44.5 Å². The SMILES string of the molecule is CCOC(=O)C1=C(C)NC(=S)N(C(=O)N2CCN(Cc3ccccc3)CC2)C1c1ccccc1[N+](=O)[O-]. The van der Waals surface area contributed by atoms with Gasteiger partial charge in [-0.15, -0.1) is 0 Å². The highest BCUT2D eigenvalue weighted by Gasteiger charge is 2.44. The zero-order chi connectivity index (χ0) is 26.5. The van der Waals surface area contributed by atoms with Gasteiger partial charge in [0.2, 0.25) is 0 Å². The summed E-state index contributed by atoms with van der Waals surface area (Å²) in [7, 11) is 0. The summed E-state index contributed by atoms with van der Waals surface area (Å²) < 4.78 is 5.28. The van der Waals surface area contributed by atoms with Crippen LogP contribution >= 0.6 is 12.2 Å². The predicted octanol–water partition coefficient (Wildman–Crippen LogP) is 3.60. The van der Waals surface area contributed by atoms with Crippen LogP contribution in [0.5, 0.6) is 0 Å². The average Bonchev–Trinajstić information content (AvgIpc) is 2.89. The van der Waals surface area contributed by atoms with Crippen molar-refractivity contribution in [3.8, 4) is 0 Å². The molecule has 0 bridgehead atoms. The number of para-hydroxylation sites is 1. The second-order valence-electron chi connectivity index (χ2n) is 8.81. The molecule has 1 saturated heterocycles. The first kappa shape index (κ1) is 26.2. The number of nitrogens with one attached hydrogen (secondary N) is 1. The maximum Gasteiger partial charge on any atom is 0.338 e. The molecule has 0 aromatic heterocycles. The Kier molecular flexibility index (Phi) is 8.14. The van der Waals surface area contributed by atoms with Crippen LogP contribution in [0, 0.1) is 10.1 Å². The third-order valence-corrected chi connectivity index (χ3v) is 6.77. The standard InChI is InChI=1S/C26H29N5O5S/c1-3-36-24(32)22-18(2)27-25(37)30(23(22)20-11-7-8-12-21(20)31(34)35)26(33)29-15-13-28(14-16-29)17-19-9-5-4-6-10-19/h4-12,23H,3,13-17H2,1-2H3,(H,27,37). The van der Waals surface area contributed by atoms with Crippen molar-refractivity contribution in [1.82, 2.24) is 20.0 Å². The van der Waals surface area contributed by atoms with Crippen LogP contribution in [0.3, 0.4) is 0 Å². The van der Waals surface area contributed by atoms with Crippen molar-refractivity contribution in [2.45, 2.75) is 26.4 Å². The number of piperazine rings is 1. The van der Waals surface area contributed by atoms with Crippen molar-refractivity contribution in [3.05, 3.63) is 87.1 Å². The number of urea groups is 1. The minimum absolute atomic E-state index is 0.0745. The van der Waals surface area contributed by atoms with Gasteiger partial charge in [-0.3, -0.25) is 19.9 Å². The average molecular weight is 524 g/mol. The summed E-state index contributed by atoms with van der Waals surface area (Å²) in [4.78, 5) is 43.5. The van der Waals surface area contributed by atoms with E-state index in [1.54, 1.807) is 36.9 Å². The Morgan fingerprint density at radius 1 is 1.08 bits per heavy atom. The van der Waals surface area contributed by atoms with Crippen LogP contribution in [0.2, 0.25) is 0 Å². The monoisotopic (exact) mass is 523 g/mol. The Balaban J connectivity index is 1.64. The van der Waals surface area contributed by atoms with Crippen molar-refractivity contribution in [1.29, 1.82) is 0 Å². The van der Waals surface area contributed by atoms with Gasteiger partial charge in [0.1, 0.15) is 6.04 Å². The van der Waals surface area contributed by atoms with Crippen molar-refractivity contribution < 1.29 is 19.2 Å². The molecule has 11 heteroatoms. The number of ether oxygens (including phenoxy) is 1. The highest BCUT2D eigenvalue weighted by Crippen LogP contribution is 2.39. The van der Waals surface area contributed by atoms with E-state index >= 15 is 0 Å². The number of thiocarbonyl (C=S) groups is 1. The fraction of sp³-hybridized carbons (Fsp3) is 0.346. The smallest absolute Gasteiger partial charge is 0.338 e. The molecular formula is C26H29N5O5S. The number of carbonyl (C=O) groups is 2. The van der Waals surface area contributed by atoms with Crippen LogP contribution in [-0.2, 0) is 16.1 Å². The Labute approximate surface area is 220 Å². The lowest BCUT2D eigenvalue weighted by molar-refractivity contribution is -0.385. The van der Waals surface area contributed by atoms with Gasteiger partial charge in [0.25, 0.3) is 5.69 Å². The van der Waals surface area contributed by atoms with Crippen molar-refractivity contribution in [3.63, 3.8) is 0 Å². The van der Waals surface area contributed by atoms with E-state index in [0.717, 1.165) is 6.54 Å². The molecule has 1 atom stereocenters. The highest BCUT2D eigenvalue weighted by molar-refractivity contribution is 7.80. The number of benzene rings is 2. The molecule has 1 unspecified atom stereocenters. The zero-order valence-electron chi connectivity index (χ0n) is 20.8. The summed E-state index contributed by atoms with van der Waals surface area (Å²) in [5.41, 5.74) is 1.68. The Morgan fingerprint density at radius 3 is 2.38 bits per heavy atom. The first-order valence-corrected chi connectivity index (χ1v) is 12.5. The van der Waals surface area contributed by atoms with E-state index < -0.39 is 23.0 Å². The number of allylic oxidation sites excluding steroid dienone is 1. The molecule has 0 spiro atoms. The molecule has 37 heavy (non-hydrogen) atoms. The number of esters is 1. The molecule has 10 nitrogen and oxygen atoms in total. The van der Waals surface area contributed by atoms with Crippen LogP contribution in [0.25, 0.3) is 0 Å². The van der Waals surface area contributed by atoms with E-state index in [4.69, 9.17) is 17.0 Å². The number of rotatable bonds is 6. The van der Waals surface area contributed by atoms with Gasteiger partial charge in [-0.25, -0.2) is 9.59 Å². The van der Waals surface area contributed by atoms with Gasteiger partial charge in [0.15, 0.2) is 5.11 Å². The van der Waals surface area contributed by atoms with E-state index in [-0.39, 0.29) is 28.5 Å². The number of hydrogen-bond acceptors (Lipinski definition) is 7. The fourth-order valence-electron chi connectivity index (χ4n) is 4.68. The summed E-state index contributed by atoms with van der Waals surface area (Å²) in [5.74, 6) is -0.663. The lowest BCUT2D eigenvalue weighted by Crippen LogP contribution is -2.58. The summed E-state index contributed by atoms with van der Waals surface area (Å²) in [5, 5.41) is 14.9. The molecule has 2 aromatic rings. The van der Waals surface area contributed by atoms with Crippen LogP contribution in [0.15, 0.2) is 65.9 Å². The molecule has 0 saturated carbocycles. The summed E-state index contributed by atoms with van der Waals surface area (Å²) in [6, 6.07) is 14.7. The number of nitrogens with zero attached hydrogens (tertiary/aromatic N) is 4. The Morgan fingerprint density at radius 2 is 1.73 bits per heavy atom. The minimum Gasteiger partial charge on any atom is -0.463 e. The number of hydrogen-bond donors (Lipinski definition) is 1. The highest BCUT2D eigenvalue weighted by atomic mass is 32.1. The molecule has 194 valence electrons. The molecule has 1 fully saturated rings. The molecule has 2 aliphatic heterocycles. The Bertz CT molecular complexity index is 1230. The molecular weight excluding hydrogens is 494 g/mol. The maximum absolute atomic E-state index is 13.9. The normalized spacial score (nSPS) is 18.4. The number of nitro benzene ring substituents is 1. The third kappa shape index (κ3) is 5.62. The predicted molar refractivity (Wildman–Crippen MR) is 141 cm³/mol.